The first kappa shape index (κ1) is 29.3. The maximum Gasteiger partial charge on any atom is 0.326 e. The lowest BCUT2D eigenvalue weighted by molar-refractivity contribution is -0.149. The SMILES string of the molecule is NC(=O)CC(NC(=O)C(Cc1ccccc1)NC(=O)C(N)Cc1c[nH]c2ccccc12)C(=O)N1CCCC1C(=O)O. The molecule has 0 bridgehead atoms. The van der Waals surface area contributed by atoms with Crippen LogP contribution < -0.4 is 22.1 Å². The number of aromatic amines is 1. The van der Waals surface area contributed by atoms with Gasteiger partial charge in [-0.1, -0.05) is 48.5 Å². The number of carboxylic acids is 1. The fraction of sp³-hybridized carbons (Fsp3) is 0.345. The van der Waals surface area contributed by atoms with Gasteiger partial charge in [0.15, 0.2) is 0 Å². The fourth-order valence-electron chi connectivity index (χ4n) is 5.13. The molecule has 216 valence electrons. The van der Waals surface area contributed by atoms with Crippen LogP contribution in [0.4, 0.5) is 0 Å². The molecule has 1 fully saturated rings. The zero-order chi connectivity index (χ0) is 29.5. The number of nitrogens with one attached hydrogen (secondary N) is 3. The first-order valence-electron chi connectivity index (χ1n) is 13.4. The van der Waals surface area contributed by atoms with E-state index in [1.165, 1.54) is 0 Å². The van der Waals surface area contributed by atoms with Crippen LogP contribution in [-0.4, -0.2) is 75.3 Å². The summed E-state index contributed by atoms with van der Waals surface area (Å²) in [5.74, 6) is -4.04. The lowest BCUT2D eigenvalue weighted by Gasteiger charge is -2.28. The summed E-state index contributed by atoms with van der Waals surface area (Å²) >= 11 is 0. The van der Waals surface area contributed by atoms with Crippen molar-refractivity contribution in [2.45, 2.75) is 56.3 Å². The molecule has 1 saturated heterocycles. The molecule has 0 radical (unpaired) electrons. The number of nitrogens with two attached hydrogens (primary N) is 2. The Morgan fingerprint density at radius 3 is 2.34 bits per heavy atom. The Balaban J connectivity index is 1.51. The Bertz CT molecular complexity index is 1420. The molecule has 1 aliphatic heterocycles. The third kappa shape index (κ3) is 7.28. The van der Waals surface area contributed by atoms with Gasteiger partial charge in [-0.25, -0.2) is 4.79 Å². The van der Waals surface area contributed by atoms with Crippen molar-refractivity contribution in [3.8, 4) is 0 Å². The van der Waals surface area contributed by atoms with E-state index in [1.807, 2.05) is 30.3 Å². The number of para-hydroxylation sites is 1. The van der Waals surface area contributed by atoms with Gasteiger partial charge in [0.1, 0.15) is 18.1 Å². The van der Waals surface area contributed by atoms with Crippen LogP contribution in [-0.2, 0) is 36.8 Å². The minimum atomic E-state index is -1.39. The van der Waals surface area contributed by atoms with Gasteiger partial charge in [-0.2, -0.15) is 0 Å². The van der Waals surface area contributed by atoms with Crippen molar-refractivity contribution < 1.29 is 29.1 Å². The van der Waals surface area contributed by atoms with Crippen LogP contribution in [0.3, 0.4) is 0 Å². The van der Waals surface area contributed by atoms with Crippen molar-refractivity contribution >= 4 is 40.5 Å². The average molecular weight is 563 g/mol. The van der Waals surface area contributed by atoms with Gasteiger partial charge in [0.05, 0.1) is 12.5 Å². The van der Waals surface area contributed by atoms with Gasteiger partial charge < -0.3 is 37.1 Å². The molecule has 4 unspecified atom stereocenters. The van der Waals surface area contributed by atoms with Gasteiger partial charge in [-0.15, -0.1) is 0 Å². The lowest BCUT2D eigenvalue weighted by atomic mass is 10.0. The zero-order valence-electron chi connectivity index (χ0n) is 22.4. The van der Waals surface area contributed by atoms with E-state index in [1.54, 1.807) is 30.5 Å². The largest absolute Gasteiger partial charge is 0.480 e. The summed E-state index contributed by atoms with van der Waals surface area (Å²) in [4.78, 5) is 67.7. The van der Waals surface area contributed by atoms with Crippen LogP contribution in [0.15, 0.2) is 60.8 Å². The number of rotatable bonds is 12. The molecule has 2 aromatic carbocycles. The molecular formula is C29H34N6O6. The van der Waals surface area contributed by atoms with Gasteiger partial charge in [0, 0.05) is 30.1 Å². The summed E-state index contributed by atoms with van der Waals surface area (Å²) < 4.78 is 0. The first-order chi connectivity index (χ1) is 19.6. The Morgan fingerprint density at radius 2 is 1.63 bits per heavy atom. The number of hydrogen-bond donors (Lipinski definition) is 6. The van der Waals surface area contributed by atoms with Crippen LogP contribution in [0, 0.1) is 0 Å². The van der Waals surface area contributed by atoms with Crippen molar-refractivity contribution in [3.63, 3.8) is 0 Å². The zero-order valence-corrected chi connectivity index (χ0v) is 22.4. The molecule has 4 amide bonds. The predicted octanol–water partition coefficient (Wildman–Crippen LogP) is 0.201. The smallest absolute Gasteiger partial charge is 0.326 e. The fourth-order valence-corrected chi connectivity index (χ4v) is 5.13. The number of H-pyrrole nitrogens is 1. The van der Waals surface area contributed by atoms with E-state index in [9.17, 15) is 29.1 Å². The molecule has 0 saturated carbocycles. The number of primary amides is 1. The topological polar surface area (TPSA) is 201 Å². The van der Waals surface area contributed by atoms with E-state index in [0.29, 0.717) is 6.42 Å². The molecule has 2 heterocycles. The van der Waals surface area contributed by atoms with Crippen LogP contribution in [0.2, 0.25) is 0 Å². The normalized spacial score (nSPS) is 17.0. The highest BCUT2D eigenvalue weighted by molar-refractivity contribution is 5.96. The summed E-state index contributed by atoms with van der Waals surface area (Å²) in [6.45, 7) is 0.174. The van der Waals surface area contributed by atoms with E-state index in [2.05, 4.69) is 15.6 Å². The van der Waals surface area contributed by atoms with Gasteiger partial charge >= 0.3 is 5.97 Å². The number of fused-ring (bicyclic) bond motifs is 1. The van der Waals surface area contributed by atoms with Crippen LogP contribution in [0.5, 0.6) is 0 Å². The second-order valence-corrected chi connectivity index (χ2v) is 10.2. The minimum absolute atomic E-state index is 0.0805. The number of benzene rings is 2. The third-order valence-corrected chi connectivity index (χ3v) is 7.21. The first-order valence-corrected chi connectivity index (χ1v) is 13.4. The predicted molar refractivity (Wildman–Crippen MR) is 150 cm³/mol. The quantitative estimate of drug-likeness (QED) is 0.181. The van der Waals surface area contributed by atoms with Gasteiger partial charge in [-0.05, 0) is 36.5 Å². The molecule has 12 nitrogen and oxygen atoms in total. The highest BCUT2D eigenvalue weighted by Crippen LogP contribution is 2.20. The van der Waals surface area contributed by atoms with Crippen LogP contribution in [0.25, 0.3) is 10.9 Å². The van der Waals surface area contributed by atoms with Gasteiger partial charge in [-0.3, -0.25) is 19.2 Å². The van der Waals surface area contributed by atoms with Crippen molar-refractivity contribution in [2.75, 3.05) is 6.54 Å². The molecule has 0 spiro atoms. The number of aliphatic carboxylic acids is 1. The van der Waals surface area contributed by atoms with Crippen molar-refractivity contribution in [3.05, 3.63) is 71.9 Å². The van der Waals surface area contributed by atoms with Crippen molar-refractivity contribution in [2.24, 2.45) is 11.5 Å². The second-order valence-electron chi connectivity index (χ2n) is 10.2. The number of amides is 4. The molecule has 1 aliphatic rings. The summed E-state index contributed by atoms with van der Waals surface area (Å²) in [6, 6.07) is 12.0. The van der Waals surface area contributed by atoms with Crippen LogP contribution in [0.1, 0.15) is 30.4 Å². The molecular weight excluding hydrogens is 528 g/mol. The van der Waals surface area contributed by atoms with Crippen molar-refractivity contribution in [1.29, 1.82) is 0 Å². The number of nitrogens with zero attached hydrogens (tertiary/aromatic N) is 1. The molecule has 12 heteroatoms. The summed E-state index contributed by atoms with van der Waals surface area (Å²) in [7, 11) is 0. The van der Waals surface area contributed by atoms with Crippen LogP contribution >= 0.6 is 0 Å². The Morgan fingerprint density at radius 1 is 0.951 bits per heavy atom. The number of carboxylic acid groups (broad SMARTS) is 1. The number of likely N-dealkylation sites (tertiary alicyclic amines) is 1. The monoisotopic (exact) mass is 562 g/mol. The second kappa shape index (κ2) is 13.1. The summed E-state index contributed by atoms with van der Waals surface area (Å²) in [6.07, 6.45) is 2.29. The number of carbonyl (C=O) groups excluding carboxylic acids is 4. The molecule has 4 atom stereocenters. The molecule has 8 N–H and O–H groups in total. The minimum Gasteiger partial charge on any atom is -0.480 e. The van der Waals surface area contributed by atoms with Gasteiger partial charge in [0.25, 0.3) is 0 Å². The Labute approximate surface area is 236 Å². The summed E-state index contributed by atoms with van der Waals surface area (Å²) in [5, 5.41) is 15.7. The maximum absolute atomic E-state index is 13.5. The van der Waals surface area contributed by atoms with E-state index in [-0.39, 0.29) is 25.8 Å². The van der Waals surface area contributed by atoms with E-state index < -0.39 is 60.2 Å². The molecule has 1 aromatic heterocycles. The Hall–Kier alpha value is -4.71. The van der Waals surface area contributed by atoms with E-state index in [4.69, 9.17) is 11.5 Å². The highest BCUT2D eigenvalue weighted by Gasteiger charge is 2.39. The molecule has 0 aliphatic carbocycles. The number of hydrogen-bond acceptors (Lipinski definition) is 6. The Kier molecular flexibility index (Phi) is 9.35. The third-order valence-electron chi connectivity index (χ3n) is 7.21. The van der Waals surface area contributed by atoms with Gasteiger partial charge in [0.2, 0.25) is 23.6 Å². The van der Waals surface area contributed by atoms with Crippen molar-refractivity contribution in [1.82, 2.24) is 20.5 Å². The molecule has 41 heavy (non-hydrogen) atoms. The van der Waals surface area contributed by atoms with E-state index >= 15 is 0 Å². The average Bonchev–Trinajstić information content (AvgIpc) is 3.60. The summed E-state index contributed by atoms with van der Waals surface area (Å²) in [5.41, 5.74) is 14.1. The number of carbonyl (C=O) groups is 5. The molecule has 4 rings (SSSR count). The van der Waals surface area contributed by atoms with E-state index in [0.717, 1.165) is 26.9 Å². The molecule has 3 aromatic rings. The lowest BCUT2D eigenvalue weighted by Crippen LogP contribution is -2.58. The number of aromatic nitrogens is 1. The highest BCUT2D eigenvalue weighted by atomic mass is 16.4. The maximum atomic E-state index is 13.5. The standard InChI is InChI=1S/C29H34N6O6/c30-20(14-18-16-32-21-10-5-4-9-19(18)21)26(37)33-22(13-17-7-2-1-3-8-17)27(38)34-23(15-25(31)36)28(39)35-12-6-11-24(35)29(40)41/h1-5,7-10,16,20,22-24,32H,6,11-15,30H2,(H2,31,36)(H,33,37)(H,34,38)(H,40,41).